The van der Waals surface area contributed by atoms with Gasteiger partial charge in [0, 0.05) is 17.1 Å². The summed E-state index contributed by atoms with van der Waals surface area (Å²) in [4.78, 5) is 25.6. The molecule has 1 unspecified atom stereocenters. The molecule has 4 rings (SSSR count). The van der Waals surface area contributed by atoms with Gasteiger partial charge in [-0.3, -0.25) is 4.79 Å². The number of anilines is 1. The lowest BCUT2D eigenvalue weighted by Gasteiger charge is -2.44. The van der Waals surface area contributed by atoms with Crippen molar-refractivity contribution in [1.29, 1.82) is 0 Å². The molecule has 0 radical (unpaired) electrons. The number of nitrogens with zero attached hydrogens (tertiary/aromatic N) is 3. The Kier molecular flexibility index (Phi) is 5.15. The van der Waals surface area contributed by atoms with Crippen molar-refractivity contribution >= 4 is 40.0 Å². The molecule has 28 heavy (non-hydrogen) atoms. The zero-order valence-electron chi connectivity index (χ0n) is 15.4. The minimum Gasteiger partial charge on any atom is -0.442 e. The number of aliphatic imine (C=N–C) groups is 1. The zero-order valence-corrected chi connectivity index (χ0v) is 17.0. The number of aryl methyl sites for hydroxylation is 1. The SMILES string of the molecule is Cc1oc(CF)nc1C(=O)Nc1csc(C23CO[C@@H](C)C[C@H]2CSC(N)=N3)n1. The highest BCUT2D eigenvalue weighted by atomic mass is 32.2. The highest BCUT2D eigenvalue weighted by Gasteiger charge is 2.49. The van der Waals surface area contributed by atoms with Crippen LogP contribution in [-0.4, -0.2) is 39.5 Å². The maximum absolute atomic E-state index is 12.7. The van der Waals surface area contributed by atoms with Crippen LogP contribution in [0, 0.1) is 12.8 Å². The number of nitrogens with one attached hydrogen (secondary N) is 1. The van der Waals surface area contributed by atoms with Gasteiger partial charge in [0.15, 0.2) is 17.5 Å². The summed E-state index contributed by atoms with van der Waals surface area (Å²) in [6.07, 6.45) is 1.03. The number of ether oxygens (including phenoxy) is 1. The number of amidine groups is 1. The molecule has 2 aliphatic rings. The van der Waals surface area contributed by atoms with Crippen molar-refractivity contribution < 1.29 is 18.3 Å². The van der Waals surface area contributed by atoms with Crippen LogP contribution in [0.2, 0.25) is 0 Å². The highest BCUT2D eigenvalue weighted by molar-refractivity contribution is 8.13. The molecule has 2 aromatic heterocycles. The Labute approximate surface area is 169 Å². The number of oxazole rings is 1. The van der Waals surface area contributed by atoms with Gasteiger partial charge in [-0.2, -0.15) is 0 Å². The van der Waals surface area contributed by atoms with Crippen LogP contribution in [0.25, 0.3) is 0 Å². The van der Waals surface area contributed by atoms with Gasteiger partial charge in [-0.1, -0.05) is 11.8 Å². The third-order valence-corrected chi connectivity index (χ3v) is 6.87. The fourth-order valence-electron chi connectivity index (χ4n) is 3.50. The van der Waals surface area contributed by atoms with Crippen LogP contribution in [-0.2, 0) is 17.0 Å². The number of aromatic nitrogens is 2. The summed E-state index contributed by atoms with van der Waals surface area (Å²) in [5.74, 6) is 1.13. The van der Waals surface area contributed by atoms with Gasteiger partial charge in [0.05, 0.1) is 12.7 Å². The third-order valence-electron chi connectivity index (χ3n) is 4.91. The first-order valence-electron chi connectivity index (χ1n) is 8.80. The van der Waals surface area contributed by atoms with E-state index >= 15 is 0 Å². The van der Waals surface area contributed by atoms with E-state index in [0.29, 0.717) is 17.6 Å². The quantitative estimate of drug-likeness (QED) is 0.774. The number of amides is 1. The zero-order chi connectivity index (χ0) is 19.9. The smallest absolute Gasteiger partial charge is 0.279 e. The lowest BCUT2D eigenvalue weighted by Crippen LogP contribution is -2.49. The van der Waals surface area contributed by atoms with Gasteiger partial charge in [0.1, 0.15) is 22.1 Å². The number of rotatable bonds is 4. The average Bonchev–Trinajstić information content (AvgIpc) is 3.28. The molecule has 2 aliphatic heterocycles. The molecule has 4 heterocycles. The van der Waals surface area contributed by atoms with E-state index in [1.807, 2.05) is 0 Å². The summed E-state index contributed by atoms with van der Waals surface area (Å²) < 4.78 is 23.7. The molecule has 0 saturated carbocycles. The second-order valence-electron chi connectivity index (χ2n) is 6.88. The molecule has 11 heteroatoms. The number of carbonyl (C=O) groups excluding carboxylic acids is 1. The molecular formula is C17H20FN5O3S2. The Hall–Kier alpha value is -1.98. The van der Waals surface area contributed by atoms with Gasteiger partial charge in [-0.15, -0.1) is 11.3 Å². The fraction of sp³-hybridized carbons (Fsp3) is 0.529. The summed E-state index contributed by atoms with van der Waals surface area (Å²) in [5.41, 5.74) is 5.43. The van der Waals surface area contributed by atoms with Crippen molar-refractivity contribution in [2.24, 2.45) is 16.6 Å². The summed E-state index contributed by atoms with van der Waals surface area (Å²) in [6.45, 7) is 3.16. The van der Waals surface area contributed by atoms with E-state index in [9.17, 15) is 9.18 Å². The van der Waals surface area contributed by atoms with E-state index < -0.39 is 18.1 Å². The number of halogens is 1. The van der Waals surface area contributed by atoms with Crippen molar-refractivity contribution in [3.63, 3.8) is 0 Å². The number of hydrogen-bond acceptors (Lipinski definition) is 9. The monoisotopic (exact) mass is 425 g/mol. The Morgan fingerprint density at radius 2 is 2.32 bits per heavy atom. The van der Waals surface area contributed by atoms with Crippen LogP contribution in [0.4, 0.5) is 10.2 Å². The van der Waals surface area contributed by atoms with E-state index in [0.717, 1.165) is 17.2 Å². The second kappa shape index (κ2) is 7.45. The van der Waals surface area contributed by atoms with Crippen molar-refractivity contribution in [3.8, 4) is 0 Å². The first-order chi connectivity index (χ1) is 13.4. The maximum Gasteiger partial charge on any atom is 0.279 e. The minimum atomic E-state index is -0.866. The first kappa shape index (κ1) is 19.3. The van der Waals surface area contributed by atoms with Crippen molar-refractivity contribution in [2.75, 3.05) is 17.7 Å². The highest BCUT2D eigenvalue weighted by Crippen LogP contribution is 2.47. The summed E-state index contributed by atoms with van der Waals surface area (Å²) in [5, 5.41) is 5.72. The van der Waals surface area contributed by atoms with Gasteiger partial charge in [-0.05, 0) is 20.3 Å². The largest absolute Gasteiger partial charge is 0.442 e. The third kappa shape index (κ3) is 3.42. The second-order valence-corrected chi connectivity index (χ2v) is 8.78. The molecule has 3 atom stereocenters. The summed E-state index contributed by atoms with van der Waals surface area (Å²) in [7, 11) is 0. The molecular weight excluding hydrogens is 405 g/mol. The van der Waals surface area contributed by atoms with E-state index in [4.69, 9.17) is 19.9 Å². The molecule has 8 nitrogen and oxygen atoms in total. The number of fused-ring (bicyclic) bond motifs is 1. The van der Waals surface area contributed by atoms with Crippen LogP contribution >= 0.6 is 23.1 Å². The Bertz CT molecular complexity index is 930. The predicted octanol–water partition coefficient (Wildman–Crippen LogP) is 2.84. The van der Waals surface area contributed by atoms with Crippen LogP contribution in [0.1, 0.15) is 40.5 Å². The van der Waals surface area contributed by atoms with Crippen molar-refractivity contribution in [3.05, 3.63) is 27.7 Å². The summed E-state index contributed by atoms with van der Waals surface area (Å²) >= 11 is 2.96. The van der Waals surface area contributed by atoms with Gasteiger partial charge in [0.25, 0.3) is 5.91 Å². The topological polar surface area (TPSA) is 116 Å². The van der Waals surface area contributed by atoms with Crippen LogP contribution in [0.3, 0.4) is 0 Å². The lowest BCUT2D eigenvalue weighted by atomic mass is 9.80. The van der Waals surface area contributed by atoms with E-state index in [-0.39, 0.29) is 29.4 Å². The molecule has 1 amide bonds. The number of carbonyl (C=O) groups is 1. The molecule has 0 aliphatic carbocycles. The molecule has 150 valence electrons. The van der Waals surface area contributed by atoms with Gasteiger partial charge >= 0.3 is 0 Å². The summed E-state index contributed by atoms with van der Waals surface area (Å²) in [6, 6.07) is 0. The minimum absolute atomic E-state index is 0.0457. The molecule has 0 aromatic carbocycles. The van der Waals surface area contributed by atoms with Gasteiger partial charge < -0.3 is 20.2 Å². The van der Waals surface area contributed by atoms with E-state index in [1.54, 1.807) is 24.1 Å². The number of thiazole rings is 1. The van der Waals surface area contributed by atoms with Crippen LogP contribution < -0.4 is 11.1 Å². The van der Waals surface area contributed by atoms with Crippen LogP contribution in [0.15, 0.2) is 14.8 Å². The number of alkyl halides is 1. The average molecular weight is 426 g/mol. The Balaban J connectivity index is 1.59. The molecule has 0 bridgehead atoms. The number of nitrogens with two attached hydrogens (primary N) is 1. The number of thioether (sulfide) groups is 1. The molecule has 2 aromatic rings. The fourth-order valence-corrected chi connectivity index (χ4v) is 5.48. The molecule has 0 spiro atoms. The van der Waals surface area contributed by atoms with E-state index in [1.165, 1.54) is 11.3 Å². The normalized spacial score (nSPS) is 27.2. The van der Waals surface area contributed by atoms with Gasteiger partial charge in [-0.25, -0.2) is 19.4 Å². The Morgan fingerprint density at radius 3 is 3.07 bits per heavy atom. The lowest BCUT2D eigenvalue weighted by molar-refractivity contribution is -0.0466. The Morgan fingerprint density at radius 1 is 1.50 bits per heavy atom. The standard InChI is InChI=1S/C17H20FN5O3S2/c1-8-3-10-5-28-16(19)23-17(10,7-25-8)15-21-11(6-27-15)20-14(24)13-9(2)26-12(4-18)22-13/h6,8,10H,3-5,7H2,1-2H3,(H2,19,23)(H,20,24)/t8-,10-,17?/m0/s1. The van der Waals surface area contributed by atoms with Crippen molar-refractivity contribution in [1.82, 2.24) is 9.97 Å². The predicted molar refractivity (Wildman–Crippen MR) is 105 cm³/mol. The molecule has 1 saturated heterocycles. The molecule has 1 fully saturated rings. The van der Waals surface area contributed by atoms with Crippen molar-refractivity contribution in [2.45, 2.75) is 38.6 Å². The maximum atomic E-state index is 12.7. The molecule has 3 N–H and O–H groups in total. The van der Waals surface area contributed by atoms with Gasteiger partial charge in [0.2, 0.25) is 5.89 Å². The number of hydrogen-bond donors (Lipinski definition) is 2. The first-order valence-corrected chi connectivity index (χ1v) is 10.7. The van der Waals surface area contributed by atoms with Crippen LogP contribution in [0.5, 0.6) is 0 Å². The van der Waals surface area contributed by atoms with E-state index in [2.05, 4.69) is 22.2 Å².